The first-order valence-corrected chi connectivity index (χ1v) is 9.37. The Balaban J connectivity index is 1.77. The molecule has 12 heteroatoms. The molecule has 2 saturated carbocycles. The molecule has 150 valence electrons. The molecule has 0 aromatic heterocycles. The van der Waals surface area contributed by atoms with Crippen LogP contribution in [-0.4, -0.2) is 54.9 Å². The number of hydrogen-bond acceptors (Lipinski definition) is 8. The minimum Gasteiger partial charge on any atom is -0.458 e. The predicted molar refractivity (Wildman–Crippen MR) is 80.6 cm³/mol. The van der Waals surface area contributed by atoms with Crippen LogP contribution in [0.1, 0.15) is 13.3 Å². The standard InChI is InChI=1S/C15H16F2O9S/c1-5(2)12(18)25-10-6-3-7-9(14(20)26-11(7)10)8(6)13(19)24-4-15(16,17)27(21,22)23/h6-11H,1,3-4H2,2H3,(H,21,22,23). The highest BCUT2D eigenvalue weighted by Gasteiger charge is 2.70. The largest absolute Gasteiger partial charge is 0.458 e. The average molecular weight is 410 g/mol. The predicted octanol–water partition coefficient (Wildman–Crippen LogP) is 0.306. The van der Waals surface area contributed by atoms with Crippen molar-refractivity contribution in [2.24, 2.45) is 23.7 Å². The molecular formula is C15H16F2O9S. The minimum atomic E-state index is -5.77. The first kappa shape index (κ1) is 19.7. The Hall–Kier alpha value is -2.08. The Morgan fingerprint density at radius 1 is 1.37 bits per heavy atom. The van der Waals surface area contributed by atoms with Gasteiger partial charge in [0.2, 0.25) is 0 Å². The molecule has 0 spiro atoms. The fourth-order valence-electron chi connectivity index (χ4n) is 4.02. The van der Waals surface area contributed by atoms with Gasteiger partial charge in [-0.05, 0) is 13.3 Å². The lowest BCUT2D eigenvalue weighted by atomic mass is 9.78. The summed E-state index contributed by atoms with van der Waals surface area (Å²) in [6.07, 6.45) is -1.41. The summed E-state index contributed by atoms with van der Waals surface area (Å²) in [5.41, 5.74) is 0.0885. The van der Waals surface area contributed by atoms with E-state index in [1.807, 2.05) is 0 Å². The van der Waals surface area contributed by atoms with E-state index in [4.69, 9.17) is 14.0 Å². The van der Waals surface area contributed by atoms with Crippen molar-refractivity contribution in [3.05, 3.63) is 12.2 Å². The summed E-state index contributed by atoms with van der Waals surface area (Å²) < 4.78 is 71.0. The molecule has 0 amide bonds. The van der Waals surface area contributed by atoms with Gasteiger partial charge < -0.3 is 14.2 Å². The van der Waals surface area contributed by atoms with Gasteiger partial charge in [0.05, 0.1) is 11.8 Å². The van der Waals surface area contributed by atoms with Crippen molar-refractivity contribution in [2.75, 3.05) is 6.61 Å². The van der Waals surface area contributed by atoms with Crippen LogP contribution in [0.15, 0.2) is 12.2 Å². The van der Waals surface area contributed by atoms with Crippen molar-refractivity contribution in [2.45, 2.75) is 30.8 Å². The van der Waals surface area contributed by atoms with E-state index in [1.54, 1.807) is 0 Å². The van der Waals surface area contributed by atoms with E-state index in [2.05, 4.69) is 11.3 Å². The van der Waals surface area contributed by atoms with Gasteiger partial charge in [0.15, 0.2) is 6.61 Å². The van der Waals surface area contributed by atoms with Crippen LogP contribution in [0, 0.1) is 23.7 Å². The highest BCUT2D eigenvalue weighted by atomic mass is 32.2. The van der Waals surface area contributed by atoms with Gasteiger partial charge in [-0.25, -0.2) is 4.79 Å². The summed E-state index contributed by atoms with van der Waals surface area (Å²) in [5.74, 6) is -6.03. The summed E-state index contributed by atoms with van der Waals surface area (Å²) in [5, 5.41) is -4.69. The van der Waals surface area contributed by atoms with Gasteiger partial charge in [0.25, 0.3) is 0 Å². The SMILES string of the molecule is C=C(C)C(=O)OC1C2CC3C1OC(=O)C3C2C(=O)OCC(F)(F)S(=O)(=O)O. The summed E-state index contributed by atoms with van der Waals surface area (Å²) in [7, 11) is -5.77. The second-order valence-electron chi connectivity index (χ2n) is 6.89. The van der Waals surface area contributed by atoms with E-state index in [9.17, 15) is 31.6 Å². The molecule has 0 aromatic rings. The fraction of sp³-hybridized carbons (Fsp3) is 0.667. The van der Waals surface area contributed by atoms with Crippen LogP contribution >= 0.6 is 0 Å². The van der Waals surface area contributed by atoms with Crippen molar-refractivity contribution in [1.29, 1.82) is 0 Å². The number of halogens is 2. The highest BCUT2D eigenvalue weighted by Crippen LogP contribution is 2.59. The number of fused-ring (bicyclic) bond motifs is 1. The lowest BCUT2D eigenvalue weighted by Gasteiger charge is -2.30. The average Bonchev–Trinajstić information content (AvgIpc) is 3.14. The van der Waals surface area contributed by atoms with Crippen molar-refractivity contribution in [3.8, 4) is 0 Å². The number of esters is 3. The molecule has 6 atom stereocenters. The maximum Gasteiger partial charge on any atom is 0.402 e. The van der Waals surface area contributed by atoms with E-state index < -0.39 is 75.8 Å². The van der Waals surface area contributed by atoms with Crippen LogP contribution in [0.3, 0.4) is 0 Å². The van der Waals surface area contributed by atoms with Crippen molar-refractivity contribution < 1.29 is 50.3 Å². The maximum absolute atomic E-state index is 13.3. The normalized spacial score (nSPS) is 34.3. The topological polar surface area (TPSA) is 133 Å². The molecule has 3 aliphatic rings. The quantitative estimate of drug-likeness (QED) is 0.284. The molecule has 3 fully saturated rings. The van der Waals surface area contributed by atoms with Gasteiger partial charge in [-0.15, -0.1) is 0 Å². The first-order chi connectivity index (χ1) is 12.3. The van der Waals surface area contributed by atoms with Gasteiger partial charge in [-0.2, -0.15) is 17.2 Å². The number of alkyl halides is 2. The summed E-state index contributed by atoms with van der Waals surface area (Å²) in [4.78, 5) is 36.2. The van der Waals surface area contributed by atoms with Crippen LogP contribution in [-0.2, 0) is 38.7 Å². The van der Waals surface area contributed by atoms with Crippen LogP contribution in [0.4, 0.5) is 8.78 Å². The highest BCUT2D eigenvalue weighted by molar-refractivity contribution is 7.86. The monoisotopic (exact) mass is 410 g/mol. The summed E-state index contributed by atoms with van der Waals surface area (Å²) in [6.45, 7) is 2.93. The van der Waals surface area contributed by atoms with Gasteiger partial charge in [0, 0.05) is 17.4 Å². The molecule has 3 rings (SSSR count). The number of hydrogen-bond donors (Lipinski definition) is 1. The van der Waals surface area contributed by atoms with E-state index in [-0.39, 0.29) is 12.0 Å². The zero-order chi connectivity index (χ0) is 20.3. The molecule has 1 N–H and O–H groups in total. The summed E-state index contributed by atoms with van der Waals surface area (Å²) in [6, 6.07) is 0. The molecule has 1 saturated heterocycles. The molecule has 9 nitrogen and oxygen atoms in total. The summed E-state index contributed by atoms with van der Waals surface area (Å²) >= 11 is 0. The van der Waals surface area contributed by atoms with Gasteiger partial charge in [-0.3, -0.25) is 14.1 Å². The minimum absolute atomic E-state index is 0.0885. The number of carbonyl (C=O) groups is 3. The first-order valence-electron chi connectivity index (χ1n) is 7.93. The van der Waals surface area contributed by atoms with Crippen LogP contribution < -0.4 is 0 Å². The van der Waals surface area contributed by atoms with Gasteiger partial charge >= 0.3 is 33.3 Å². The zero-order valence-corrected chi connectivity index (χ0v) is 14.8. The van der Waals surface area contributed by atoms with Gasteiger partial charge in [0.1, 0.15) is 12.2 Å². The van der Waals surface area contributed by atoms with E-state index in [0.29, 0.717) is 0 Å². The zero-order valence-electron chi connectivity index (χ0n) is 14.0. The van der Waals surface area contributed by atoms with Crippen LogP contribution in [0.25, 0.3) is 0 Å². The van der Waals surface area contributed by atoms with Crippen LogP contribution in [0.2, 0.25) is 0 Å². The van der Waals surface area contributed by atoms with Gasteiger partial charge in [-0.1, -0.05) is 6.58 Å². The van der Waals surface area contributed by atoms with Crippen LogP contribution in [0.5, 0.6) is 0 Å². The molecular weight excluding hydrogens is 394 g/mol. The molecule has 0 aromatic carbocycles. The Kier molecular flexibility index (Phi) is 4.54. The third kappa shape index (κ3) is 3.10. The molecule has 0 radical (unpaired) electrons. The lowest BCUT2D eigenvalue weighted by Crippen LogP contribution is -2.44. The fourth-order valence-corrected chi connectivity index (χ4v) is 4.23. The Labute approximate surface area is 152 Å². The van der Waals surface area contributed by atoms with Crippen molar-refractivity contribution in [3.63, 3.8) is 0 Å². The second kappa shape index (κ2) is 6.23. The molecule has 6 unspecified atom stereocenters. The molecule has 27 heavy (non-hydrogen) atoms. The van der Waals surface area contributed by atoms with E-state index in [0.717, 1.165) is 0 Å². The molecule has 2 aliphatic carbocycles. The maximum atomic E-state index is 13.3. The number of carbonyl (C=O) groups excluding carboxylic acids is 3. The molecule has 2 bridgehead atoms. The third-order valence-corrected chi connectivity index (χ3v) is 6.04. The van der Waals surface area contributed by atoms with Crippen molar-refractivity contribution >= 4 is 28.0 Å². The lowest BCUT2D eigenvalue weighted by molar-refractivity contribution is -0.165. The smallest absolute Gasteiger partial charge is 0.402 e. The Morgan fingerprint density at radius 2 is 2.00 bits per heavy atom. The second-order valence-corrected chi connectivity index (χ2v) is 8.43. The van der Waals surface area contributed by atoms with E-state index in [1.165, 1.54) is 6.92 Å². The number of rotatable bonds is 6. The molecule has 1 heterocycles. The Bertz CT molecular complexity index is 821. The third-order valence-electron chi connectivity index (χ3n) is 5.17. The number of ether oxygens (including phenoxy) is 3. The van der Waals surface area contributed by atoms with E-state index >= 15 is 0 Å². The molecule has 1 aliphatic heterocycles. The Morgan fingerprint density at radius 3 is 2.56 bits per heavy atom. The van der Waals surface area contributed by atoms with Crippen molar-refractivity contribution in [1.82, 2.24) is 0 Å².